The summed E-state index contributed by atoms with van der Waals surface area (Å²) in [6, 6.07) is 2.81. The highest BCUT2D eigenvalue weighted by Gasteiger charge is 2.06. The summed E-state index contributed by atoms with van der Waals surface area (Å²) < 4.78 is 4.84. The lowest BCUT2D eigenvalue weighted by Gasteiger charge is -2.05. The van der Waals surface area contributed by atoms with Gasteiger partial charge in [-0.1, -0.05) is 4.49 Å². The Labute approximate surface area is 100 Å². The number of nitrogens with one attached hydrogen (secondary N) is 1. The van der Waals surface area contributed by atoms with Crippen LogP contribution in [-0.2, 0) is 11.3 Å². The van der Waals surface area contributed by atoms with Gasteiger partial charge in [-0.3, -0.25) is 9.59 Å². The Morgan fingerprint density at radius 2 is 2.35 bits per heavy atom. The van der Waals surface area contributed by atoms with Crippen LogP contribution in [0.25, 0.3) is 0 Å². The van der Waals surface area contributed by atoms with E-state index in [0.29, 0.717) is 10.7 Å². The molecule has 0 fully saturated rings. The molecule has 0 spiro atoms. The SMILES string of the molecule is Nc1ccc(=O)n(CC(=O)Nc2cnns2)c1. The van der Waals surface area contributed by atoms with Crippen LogP contribution in [0.3, 0.4) is 0 Å². The number of nitrogen functional groups attached to an aromatic ring is 1. The monoisotopic (exact) mass is 251 g/mol. The second-order valence-electron chi connectivity index (χ2n) is 3.26. The van der Waals surface area contributed by atoms with Crippen molar-refractivity contribution >= 4 is 28.1 Å². The molecular formula is C9H9N5O2S. The highest BCUT2D eigenvalue weighted by atomic mass is 32.1. The zero-order valence-corrected chi connectivity index (χ0v) is 9.48. The van der Waals surface area contributed by atoms with Crippen LogP contribution in [0, 0.1) is 0 Å². The van der Waals surface area contributed by atoms with Crippen LogP contribution < -0.4 is 16.6 Å². The molecule has 0 aliphatic heterocycles. The van der Waals surface area contributed by atoms with Gasteiger partial charge in [0.25, 0.3) is 5.56 Å². The molecule has 0 radical (unpaired) electrons. The Hall–Kier alpha value is -2.22. The van der Waals surface area contributed by atoms with Crippen LogP contribution in [0.15, 0.2) is 29.3 Å². The van der Waals surface area contributed by atoms with Crippen molar-refractivity contribution in [3.8, 4) is 0 Å². The number of carbonyl (C=O) groups excluding carboxylic acids is 1. The topological polar surface area (TPSA) is 103 Å². The maximum Gasteiger partial charge on any atom is 0.251 e. The standard InChI is InChI=1S/C9H9N5O2S/c10-6-1-2-9(16)14(4-6)5-7(15)12-8-3-11-13-17-8/h1-4H,5,10H2,(H,12,15). The molecule has 17 heavy (non-hydrogen) atoms. The van der Waals surface area contributed by atoms with Gasteiger partial charge in [-0.2, -0.15) is 0 Å². The summed E-state index contributed by atoms with van der Waals surface area (Å²) >= 11 is 1.06. The fourth-order valence-corrected chi connectivity index (χ4v) is 1.66. The molecule has 0 bridgehead atoms. The predicted molar refractivity (Wildman–Crippen MR) is 63.7 cm³/mol. The molecule has 0 saturated heterocycles. The molecule has 0 aromatic carbocycles. The first kappa shape index (κ1) is 11.3. The summed E-state index contributed by atoms with van der Waals surface area (Å²) in [5.74, 6) is -0.330. The highest BCUT2D eigenvalue weighted by Crippen LogP contribution is 2.08. The summed E-state index contributed by atoms with van der Waals surface area (Å²) in [5, 5.41) is 6.68. The molecule has 0 aliphatic rings. The molecule has 1 amide bonds. The van der Waals surface area contributed by atoms with Gasteiger partial charge in [0.2, 0.25) is 5.91 Å². The van der Waals surface area contributed by atoms with Crippen LogP contribution in [0.2, 0.25) is 0 Å². The maximum absolute atomic E-state index is 11.6. The van der Waals surface area contributed by atoms with Crippen molar-refractivity contribution in [2.24, 2.45) is 0 Å². The minimum absolute atomic E-state index is 0.0955. The van der Waals surface area contributed by atoms with Crippen molar-refractivity contribution in [3.63, 3.8) is 0 Å². The van der Waals surface area contributed by atoms with Crippen LogP contribution >= 0.6 is 11.5 Å². The van der Waals surface area contributed by atoms with Crippen molar-refractivity contribution in [1.29, 1.82) is 0 Å². The molecule has 2 rings (SSSR count). The number of hydrogen-bond acceptors (Lipinski definition) is 6. The Bertz CT molecular complexity index is 577. The van der Waals surface area contributed by atoms with Gasteiger partial charge in [-0.25, -0.2) is 0 Å². The fraction of sp³-hybridized carbons (Fsp3) is 0.111. The Morgan fingerprint density at radius 1 is 1.53 bits per heavy atom. The van der Waals surface area contributed by atoms with Gasteiger partial charge in [-0.05, 0) is 6.07 Å². The predicted octanol–water partition coefficient (Wildman–Crippen LogP) is -0.0793. The molecule has 8 heteroatoms. The molecule has 3 N–H and O–H groups in total. The van der Waals surface area contributed by atoms with Gasteiger partial charge < -0.3 is 15.6 Å². The third kappa shape index (κ3) is 2.88. The number of rotatable bonds is 3. The van der Waals surface area contributed by atoms with Gasteiger partial charge in [0, 0.05) is 29.5 Å². The molecular weight excluding hydrogens is 242 g/mol. The molecule has 0 unspecified atom stereocenters. The minimum Gasteiger partial charge on any atom is -0.398 e. The van der Waals surface area contributed by atoms with Crippen molar-refractivity contribution in [2.45, 2.75) is 6.54 Å². The largest absolute Gasteiger partial charge is 0.398 e. The molecule has 7 nitrogen and oxygen atoms in total. The summed E-state index contributed by atoms with van der Waals surface area (Å²) in [4.78, 5) is 23.0. The average Bonchev–Trinajstić information content (AvgIpc) is 2.76. The van der Waals surface area contributed by atoms with Gasteiger partial charge in [-0.15, -0.1) is 5.10 Å². The zero-order valence-electron chi connectivity index (χ0n) is 8.66. The van der Waals surface area contributed by atoms with E-state index < -0.39 is 0 Å². The number of nitrogens with zero attached hydrogens (tertiary/aromatic N) is 3. The zero-order chi connectivity index (χ0) is 12.3. The average molecular weight is 251 g/mol. The van der Waals surface area contributed by atoms with E-state index in [-0.39, 0.29) is 18.0 Å². The number of pyridine rings is 1. The molecule has 2 aromatic heterocycles. The second kappa shape index (κ2) is 4.74. The summed E-state index contributed by atoms with van der Waals surface area (Å²) in [5.41, 5.74) is 5.68. The number of nitrogens with two attached hydrogens (primary N) is 1. The molecule has 0 aliphatic carbocycles. The van der Waals surface area contributed by atoms with Crippen LogP contribution in [0.1, 0.15) is 0 Å². The van der Waals surface area contributed by atoms with Gasteiger partial charge in [0.15, 0.2) is 0 Å². The Morgan fingerprint density at radius 3 is 3.06 bits per heavy atom. The Kier molecular flexibility index (Phi) is 3.15. The van der Waals surface area contributed by atoms with E-state index in [1.807, 2.05) is 0 Å². The van der Waals surface area contributed by atoms with E-state index in [2.05, 4.69) is 14.9 Å². The van der Waals surface area contributed by atoms with Crippen LogP contribution in [0.5, 0.6) is 0 Å². The Balaban J connectivity index is 2.08. The van der Waals surface area contributed by atoms with Gasteiger partial charge in [0.05, 0.1) is 6.20 Å². The van der Waals surface area contributed by atoms with Crippen molar-refractivity contribution in [3.05, 3.63) is 34.9 Å². The fourth-order valence-electron chi connectivity index (χ4n) is 1.23. The molecule has 88 valence electrons. The van der Waals surface area contributed by atoms with E-state index >= 15 is 0 Å². The quantitative estimate of drug-likeness (QED) is 0.794. The summed E-state index contributed by atoms with van der Waals surface area (Å²) in [6.07, 6.45) is 2.86. The number of aromatic nitrogens is 3. The molecule has 2 aromatic rings. The van der Waals surface area contributed by atoms with E-state index in [4.69, 9.17) is 5.73 Å². The van der Waals surface area contributed by atoms with E-state index in [1.54, 1.807) is 0 Å². The molecule has 0 saturated carbocycles. The van der Waals surface area contributed by atoms with Crippen molar-refractivity contribution < 1.29 is 4.79 Å². The van der Waals surface area contributed by atoms with E-state index in [0.717, 1.165) is 11.5 Å². The van der Waals surface area contributed by atoms with Crippen LogP contribution in [0.4, 0.5) is 10.7 Å². The third-order valence-corrected chi connectivity index (χ3v) is 2.52. The number of hydrogen-bond donors (Lipinski definition) is 2. The lowest BCUT2D eigenvalue weighted by molar-refractivity contribution is -0.116. The van der Waals surface area contributed by atoms with Crippen molar-refractivity contribution in [2.75, 3.05) is 11.1 Å². The third-order valence-electron chi connectivity index (χ3n) is 1.94. The first-order chi connectivity index (χ1) is 8.15. The smallest absolute Gasteiger partial charge is 0.251 e. The summed E-state index contributed by atoms with van der Waals surface area (Å²) in [7, 11) is 0. The highest BCUT2D eigenvalue weighted by molar-refractivity contribution is 7.10. The number of amides is 1. The van der Waals surface area contributed by atoms with Crippen LogP contribution in [-0.4, -0.2) is 20.1 Å². The molecule has 2 heterocycles. The second-order valence-corrected chi connectivity index (χ2v) is 4.04. The first-order valence-corrected chi connectivity index (χ1v) is 5.45. The normalized spacial score (nSPS) is 10.1. The van der Waals surface area contributed by atoms with E-state index in [1.165, 1.54) is 29.1 Å². The van der Waals surface area contributed by atoms with Gasteiger partial charge >= 0.3 is 0 Å². The minimum atomic E-state index is -0.330. The van der Waals surface area contributed by atoms with Gasteiger partial charge in [0.1, 0.15) is 11.5 Å². The first-order valence-electron chi connectivity index (χ1n) is 4.68. The van der Waals surface area contributed by atoms with E-state index in [9.17, 15) is 9.59 Å². The molecule has 0 atom stereocenters. The lowest BCUT2D eigenvalue weighted by Crippen LogP contribution is -2.26. The number of anilines is 2. The van der Waals surface area contributed by atoms with Crippen molar-refractivity contribution in [1.82, 2.24) is 14.2 Å². The number of carbonyl (C=O) groups is 1. The summed E-state index contributed by atoms with van der Waals surface area (Å²) in [6.45, 7) is -0.0955. The maximum atomic E-state index is 11.6. The lowest BCUT2D eigenvalue weighted by atomic mass is 10.4.